The van der Waals surface area contributed by atoms with Crippen molar-refractivity contribution in [1.82, 2.24) is 4.31 Å². The second-order valence-electron chi connectivity index (χ2n) is 6.55. The molecule has 1 heterocycles. The van der Waals surface area contributed by atoms with Crippen LogP contribution in [0.4, 0.5) is 10.1 Å². The minimum absolute atomic E-state index is 0.0865. The molecular weight excluding hydrogens is 391 g/mol. The summed E-state index contributed by atoms with van der Waals surface area (Å²) in [7, 11) is -3.58. The Morgan fingerprint density at radius 2 is 2.00 bits per heavy atom. The number of rotatable bonds is 5. The maximum atomic E-state index is 13.7. The number of para-hydroxylation sites is 1. The van der Waals surface area contributed by atoms with E-state index in [1.807, 2.05) is 0 Å². The number of nitrogens with one attached hydrogen (secondary N) is 1. The zero-order valence-corrected chi connectivity index (χ0v) is 16.1. The highest BCUT2D eigenvalue weighted by atomic mass is 35.5. The van der Waals surface area contributed by atoms with Crippen molar-refractivity contribution in [3.05, 3.63) is 64.9 Å². The Balaban J connectivity index is 1.67. The van der Waals surface area contributed by atoms with Crippen molar-refractivity contribution in [3.63, 3.8) is 0 Å². The van der Waals surface area contributed by atoms with E-state index in [0.29, 0.717) is 30.0 Å². The highest BCUT2D eigenvalue weighted by molar-refractivity contribution is 7.88. The van der Waals surface area contributed by atoms with Gasteiger partial charge in [0, 0.05) is 18.1 Å². The minimum atomic E-state index is -3.58. The molecule has 2 aromatic rings. The average molecular weight is 411 g/mol. The summed E-state index contributed by atoms with van der Waals surface area (Å²) in [5, 5.41) is 3.03. The Bertz CT molecular complexity index is 936. The number of carbonyl (C=O) groups excluding carboxylic acids is 1. The molecule has 0 bridgehead atoms. The van der Waals surface area contributed by atoms with E-state index in [9.17, 15) is 17.6 Å². The molecule has 0 aliphatic carbocycles. The fourth-order valence-corrected chi connectivity index (χ4v) is 4.95. The molecule has 1 fully saturated rings. The van der Waals surface area contributed by atoms with Gasteiger partial charge in [0.2, 0.25) is 15.9 Å². The van der Waals surface area contributed by atoms with Gasteiger partial charge in [-0.15, -0.1) is 0 Å². The van der Waals surface area contributed by atoms with E-state index in [-0.39, 0.29) is 23.9 Å². The van der Waals surface area contributed by atoms with Gasteiger partial charge in [-0.3, -0.25) is 4.79 Å². The Morgan fingerprint density at radius 1 is 1.22 bits per heavy atom. The van der Waals surface area contributed by atoms with Crippen LogP contribution in [0.3, 0.4) is 0 Å². The maximum absolute atomic E-state index is 13.7. The molecule has 1 aliphatic rings. The lowest BCUT2D eigenvalue weighted by molar-refractivity contribution is -0.120. The van der Waals surface area contributed by atoms with Gasteiger partial charge in [0.05, 0.1) is 17.4 Å². The van der Waals surface area contributed by atoms with Crippen molar-refractivity contribution in [1.29, 1.82) is 0 Å². The van der Waals surface area contributed by atoms with Crippen LogP contribution in [0.1, 0.15) is 18.4 Å². The first-order chi connectivity index (χ1) is 12.8. The molecule has 1 amide bonds. The molecule has 8 heteroatoms. The normalized spacial score (nSPS) is 18.2. The zero-order valence-electron chi connectivity index (χ0n) is 14.6. The number of hydrogen-bond donors (Lipinski definition) is 1. The van der Waals surface area contributed by atoms with Crippen LogP contribution in [0.15, 0.2) is 48.5 Å². The van der Waals surface area contributed by atoms with Crippen molar-refractivity contribution in [3.8, 4) is 0 Å². The monoisotopic (exact) mass is 410 g/mol. The number of sulfonamides is 1. The largest absolute Gasteiger partial charge is 0.323 e. The summed E-state index contributed by atoms with van der Waals surface area (Å²) in [6.07, 6.45) is 1.13. The van der Waals surface area contributed by atoms with Gasteiger partial charge in [0.1, 0.15) is 5.82 Å². The predicted octanol–water partition coefficient (Wildman–Crippen LogP) is 3.66. The van der Waals surface area contributed by atoms with E-state index in [4.69, 9.17) is 11.6 Å². The second kappa shape index (κ2) is 8.37. The first-order valence-corrected chi connectivity index (χ1v) is 10.6. The number of benzene rings is 2. The third kappa shape index (κ3) is 5.06. The molecule has 0 spiro atoms. The number of anilines is 1. The number of hydrogen-bond acceptors (Lipinski definition) is 3. The van der Waals surface area contributed by atoms with Gasteiger partial charge in [0.15, 0.2) is 0 Å². The first kappa shape index (κ1) is 19.8. The van der Waals surface area contributed by atoms with Gasteiger partial charge in [-0.05, 0) is 42.7 Å². The van der Waals surface area contributed by atoms with Crippen LogP contribution < -0.4 is 5.32 Å². The molecule has 0 aromatic heterocycles. The Labute approximate surface area is 163 Å². The molecule has 144 valence electrons. The number of nitrogens with zero attached hydrogens (tertiary/aromatic N) is 1. The fraction of sp³-hybridized carbons (Fsp3) is 0.316. The van der Waals surface area contributed by atoms with Gasteiger partial charge in [-0.25, -0.2) is 17.1 Å². The number of piperidine rings is 1. The quantitative estimate of drug-likeness (QED) is 0.818. The minimum Gasteiger partial charge on any atom is -0.323 e. The van der Waals surface area contributed by atoms with E-state index in [0.717, 1.165) is 0 Å². The predicted molar refractivity (Wildman–Crippen MR) is 103 cm³/mol. The highest BCUT2D eigenvalue weighted by Gasteiger charge is 2.32. The van der Waals surface area contributed by atoms with Gasteiger partial charge in [-0.2, -0.15) is 0 Å². The SMILES string of the molecule is O=C(Nc1ccccc1F)[C@H]1CCCN(S(=O)(=O)Cc2cccc(Cl)c2)C1. The first-order valence-electron chi connectivity index (χ1n) is 8.63. The van der Waals surface area contributed by atoms with Crippen molar-refractivity contribution in [2.24, 2.45) is 5.92 Å². The van der Waals surface area contributed by atoms with Gasteiger partial charge >= 0.3 is 0 Å². The Kier molecular flexibility index (Phi) is 6.14. The summed E-state index contributed by atoms with van der Waals surface area (Å²) >= 11 is 5.92. The van der Waals surface area contributed by atoms with Crippen LogP contribution >= 0.6 is 11.6 Å². The third-order valence-corrected chi connectivity index (χ3v) is 6.57. The maximum Gasteiger partial charge on any atom is 0.228 e. The molecule has 0 radical (unpaired) electrons. The molecule has 1 saturated heterocycles. The second-order valence-corrected chi connectivity index (χ2v) is 8.96. The summed E-state index contributed by atoms with van der Waals surface area (Å²) < 4.78 is 40.5. The summed E-state index contributed by atoms with van der Waals surface area (Å²) in [4.78, 5) is 12.5. The third-order valence-electron chi connectivity index (χ3n) is 4.52. The van der Waals surface area contributed by atoms with Crippen LogP contribution in [-0.4, -0.2) is 31.7 Å². The van der Waals surface area contributed by atoms with E-state index in [2.05, 4.69) is 5.32 Å². The van der Waals surface area contributed by atoms with Crippen molar-refractivity contribution in [2.45, 2.75) is 18.6 Å². The van der Waals surface area contributed by atoms with Crippen LogP contribution in [0.5, 0.6) is 0 Å². The molecule has 1 N–H and O–H groups in total. The molecule has 1 atom stereocenters. The number of carbonyl (C=O) groups is 1. The average Bonchev–Trinajstić information content (AvgIpc) is 2.63. The van der Waals surface area contributed by atoms with Crippen LogP contribution in [0, 0.1) is 11.7 Å². The number of halogens is 2. The van der Waals surface area contributed by atoms with Crippen molar-refractivity contribution < 1.29 is 17.6 Å². The zero-order chi connectivity index (χ0) is 19.4. The van der Waals surface area contributed by atoms with Gasteiger partial charge < -0.3 is 5.32 Å². The molecule has 0 saturated carbocycles. The molecule has 3 rings (SSSR count). The summed E-state index contributed by atoms with van der Waals surface area (Å²) in [5.41, 5.74) is 0.696. The molecule has 2 aromatic carbocycles. The summed E-state index contributed by atoms with van der Waals surface area (Å²) in [6, 6.07) is 12.6. The van der Waals surface area contributed by atoms with Crippen LogP contribution in [-0.2, 0) is 20.6 Å². The van der Waals surface area contributed by atoms with Crippen LogP contribution in [0.2, 0.25) is 5.02 Å². The van der Waals surface area contributed by atoms with E-state index >= 15 is 0 Å². The summed E-state index contributed by atoms with van der Waals surface area (Å²) in [6.45, 7) is 0.454. The Hall–Kier alpha value is -1.96. The number of amides is 1. The lowest BCUT2D eigenvalue weighted by Crippen LogP contribution is -2.44. The van der Waals surface area contributed by atoms with Crippen molar-refractivity contribution >= 4 is 33.2 Å². The van der Waals surface area contributed by atoms with E-state index in [1.165, 1.54) is 22.5 Å². The Morgan fingerprint density at radius 3 is 2.74 bits per heavy atom. The molecule has 5 nitrogen and oxygen atoms in total. The van der Waals surface area contributed by atoms with E-state index in [1.54, 1.807) is 30.3 Å². The van der Waals surface area contributed by atoms with Gasteiger partial charge in [0.25, 0.3) is 0 Å². The van der Waals surface area contributed by atoms with E-state index < -0.39 is 21.8 Å². The molecular formula is C19H20ClFN2O3S. The highest BCUT2D eigenvalue weighted by Crippen LogP contribution is 2.24. The standard InChI is InChI=1S/C19H20ClFN2O3S/c20-16-7-3-5-14(11-16)13-27(25,26)23-10-4-6-15(12-23)19(24)22-18-9-2-1-8-17(18)21/h1-3,5,7-9,11,15H,4,6,10,12-13H2,(H,22,24)/t15-/m0/s1. The molecule has 27 heavy (non-hydrogen) atoms. The topological polar surface area (TPSA) is 66.5 Å². The smallest absolute Gasteiger partial charge is 0.228 e. The van der Waals surface area contributed by atoms with Gasteiger partial charge in [-0.1, -0.05) is 35.9 Å². The molecule has 0 unspecified atom stereocenters. The van der Waals surface area contributed by atoms with Crippen LogP contribution in [0.25, 0.3) is 0 Å². The lowest BCUT2D eigenvalue weighted by Gasteiger charge is -2.31. The molecule has 1 aliphatic heterocycles. The fourth-order valence-electron chi connectivity index (χ4n) is 3.14. The van der Waals surface area contributed by atoms with Crippen molar-refractivity contribution in [2.75, 3.05) is 18.4 Å². The summed E-state index contributed by atoms with van der Waals surface area (Å²) in [5.74, 6) is -1.59. The lowest BCUT2D eigenvalue weighted by atomic mass is 9.98.